The van der Waals surface area contributed by atoms with E-state index in [0.29, 0.717) is 6.42 Å². The highest BCUT2D eigenvalue weighted by atomic mass is 19.1. The summed E-state index contributed by atoms with van der Waals surface area (Å²) in [6.07, 6.45) is -0.767. The predicted molar refractivity (Wildman–Crippen MR) is 83.7 cm³/mol. The summed E-state index contributed by atoms with van der Waals surface area (Å²) in [5.41, 5.74) is 0.509. The molecule has 0 aromatic heterocycles. The summed E-state index contributed by atoms with van der Waals surface area (Å²) in [5, 5.41) is 12.8. The van der Waals surface area contributed by atoms with Crippen molar-refractivity contribution in [3.63, 3.8) is 0 Å². The highest BCUT2D eigenvalue weighted by Crippen LogP contribution is 2.18. The molecule has 0 spiro atoms. The molecule has 0 saturated carbocycles. The van der Waals surface area contributed by atoms with Crippen LogP contribution in [0.1, 0.15) is 30.6 Å². The molecular formula is C18H19F2NO2. The number of nitrogens with one attached hydrogen (secondary N) is 1. The van der Waals surface area contributed by atoms with E-state index in [2.05, 4.69) is 5.32 Å². The van der Waals surface area contributed by atoms with Crippen LogP contribution in [0.3, 0.4) is 0 Å². The quantitative estimate of drug-likeness (QED) is 0.859. The van der Waals surface area contributed by atoms with Gasteiger partial charge in [-0.05, 0) is 31.0 Å². The van der Waals surface area contributed by atoms with Crippen LogP contribution in [0.25, 0.3) is 0 Å². The molecule has 0 saturated heterocycles. The molecule has 1 amide bonds. The van der Waals surface area contributed by atoms with Crippen molar-refractivity contribution < 1.29 is 18.7 Å². The fourth-order valence-corrected chi connectivity index (χ4v) is 2.39. The average molecular weight is 319 g/mol. The number of hydrogen-bond acceptors (Lipinski definition) is 2. The predicted octanol–water partition coefficient (Wildman–Crippen LogP) is 3.14. The maximum atomic E-state index is 13.5. The molecule has 3 nitrogen and oxygen atoms in total. The van der Waals surface area contributed by atoms with E-state index in [1.54, 1.807) is 19.1 Å². The third-order valence-electron chi connectivity index (χ3n) is 3.57. The Morgan fingerprint density at radius 1 is 1.09 bits per heavy atom. The normalized spacial score (nSPS) is 13.4. The largest absolute Gasteiger partial charge is 0.388 e. The van der Waals surface area contributed by atoms with E-state index in [1.165, 1.54) is 6.07 Å². The molecule has 0 bridgehead atoms. The van der Waals surface area contributed by atoms with Gasteiger partial charge in [-0.1, -0.05) is 36.4 Å². The molecule has 2 aromatic rings. The lowest BCUT2D eigenvalue weighted by atomic mass is 10.0. The first-order chi connectivity index (χ1) is 11.0. The summed E-state index contributed by atoms with van der Waals surface area (Å²) >= 11 is 0. The fourth-order valence-electron chi connectivity index (χ4n) is 2.39. The van der Waals surface area contributed by atoms with Gasteiger partial charge in [0.1, 0.15) is 11.6 Å². The van der Waals surface area contributed by atoms with E-state index in [9.17, 15) is 18.7 Å². The van der Waals surface area contributed by atoms with E-state index >= 15 is 0 Å². The maximum Gasteiger partial charge on any atom is 0.224 e. The average Bonchev–Trinajstić information content (AvgIpc) is 2.51. The van der Waals surface area contributed by atoms with Gasteiger partial charge in [-0.3, -0.25) is 4.79 Å². The summed E-state index contributed by atoms with van der Waals surface area (Å²) in [5.74, 6) is -1.96. The third-order valence-corrected chi connectivity index (χ3v) is 3.57. The van der Waals surface area contributed by atoms with Crippen LogP contribution in [0.15, 0.2) is 48.5 Å². The van der Waals surface area contributed by atoms with Crippen molar-refractivity contribution >= 4 is 5.91 Å². The lowest BCUT2D eigenvalue weighted by Gasteiger charge is -2.18. The minimum absolute atomic E-state index is 0.249. The Labute approximate surface area is 134 Å². The van der Waals surface area contributed by atoms with Crippen molar-refractivity contribution in [2.75, 3.05) is 0 Å². The molecule has 2 atom stereocenters. The number of hydrogen-bond donors (Lipinski definition) is 2. The maximum absolute atomic E-state index is 13.5. The van der Waals surface area contributed by atoms with Crippen LogP contribution in [0, 0.1) is 11.6 Å². The first-order valence-electron chi connectivity index (χ1n) is 7.42. The van der Waals surface area contributed by atoms with Gasteiger partial charge in [0.15, 0.2) is 0 Å². The molecule has 2 N–H and O–H groups in total. The molecule has 0 fully saturated rings. The van der Waals surface area contributed by atoms with Crippen molar-refractivity contribution in [2.24, 2.45) is 0 Å². The lowest BCUT2D eigenvalue weighted by Crippen LogP contribution is -2.35. The number of benzene rings is 2. The topological polar surface area (TPSA) is 49.3 Å². The van der Waals surface area contributed by atoms with Gasteiger partial charge in [-0.25, -0.2) is 8.78 Å². The molecule has 0 aliphatic carbocycles. The van der Waals surface area contributed by atoms with Crippen LogP contribution < -0.4 is 5.32 Å². The van der Waals surface area contributed by atoms with Crippen molar-refractivity contribution in [1.82, 2.24) is 5.32 Å². The molecule has 5 heteroatoms. The van der Waals surface area contributed by atoms with Crippen LogP contribution in [0.5, 0.6) is 0 Å². The second kappa shape index (κ2) is 7.83. The van der Waals surface area contributed by atoms with Gasteiger partial charge < -0.3 is 10.4 Å². The number of amides is 1. The summed E-state index contributed by atoms with van der Waals surface area (Å²) in [6, 6.07) is 12.3. The zero-order valence-corrected chi connectivity index (χ0v) is 12.8. The van der Waals surface area contributed by atoms with Crippen LogP contribution in [-0.4, -0.2) is 17.1 Å². The Balaban J connectivity index is 1.90. The summed E-state index contributed by atoms with van der Waals surface area (Å²) in [4.78, 5) is 11.9. The Morgan fingerprint density at radius 3 is 2.30 bits per heavy atom. The number of carbonyl (C=O) groups excluding carboxylic acids is 1. The Kier molecular flexibility index (Phi) is 5.82. The first kappa shape index (κ1) is 17.1. The monoisotopic (exact) mass is 319 g/mol. The lowest BCUT2D eigenvalue weighted by molar-refractivity contribution is -0.121. The standard InChI is InChI=1S/C18H19F2NO2/c1-12(10-17(22)13-6-3-2-4-7-13)21-18(23)11-14-15(19)8-5-9-16(14)20/h2-9,12,17,22H,10-11H2,1H3,(H,21,23)/t12-,17-/m0/s1. The van der Waals surface area contributed by atoms with Crippen molar-refractivity contribution in [3.05, 3.63) is 71.3 Å². The van der Waals surface area contributed by atoms with Crippen molar-refractivity contribution in [3.8, 4) is 0 Å². The van der Waals surface area contributed by atoms with Crippen molar-refractivity contribution in [2.45, 2.75) is 31.9 Å². The van der Waals surface area contributed by atoms with Gasteiger partial charge in [-0.2, -0.15) is 0 Å². The van der Waals surface area contributed by atoms with E-state index in [1.807, 2.05) is 18.2 Å². The molecule has 2 aromatic carbocycles. The number of carbonyl (C=O) groups is 1. The molecule has 2 rings (SSSR count). The molecule has 0 heterocycles. The molecule has 122 valence electrons. The van der Waals surface area contributed by atoms with Gasteiger partial charge >= 0.3 is 0 Å². The molecular weight excluding hydrogens is 300 g/mol. The highest BCUT2D eigenvalue weighted by Gasteiger charge is 2.17. The van der Waals surface area contributed by atoms with Crippen LogP contribution in [0.4, 0.5) is 8.78 Å². The Bertz CT molecular complexity index is 641. The number of halogens is 2. The molecule has 0 unspecified atom stereocenters. The van der Waals surface area contributed by atoms with Gasteiger partial charge in [-0.15, -0.1) is 0 Å². The molecule has 0 aliphatic heterocycles. The van der Waals surface area contributed by atoms with Gasteiger partial charge in [0.05, 0.1) is 12.5 Å². The van der Waals surface area contributed by atoms with E-state index in [0.717, 1.165) is 17.7 Å². The molecule has 0 aliphatic rings. The summed E-state index contributed by atoms with van der Waals surface area (Å²) in [7, 11) is 0. The zero-order valence-electron chi connectivity index (χ0n) is 12.8. The van der Waals surface area contributed by atoms with Crippen molar-refractivity contribution in [1.29, 1.82) is 0 Å². The second-order valence-electron chi connectivity index (χ2n) is 5.51. The zero-order chi connectivity index (χ0) is 16.8. The van der Waals surface area contributed by atoms with E-state index in [4.69, 9.17) is 0 Å². The van der Waals surface area contributed by atoms with Crippen LogP contribution in [-0.2, 0) is 11.2 Å². The minimum atomic E-state index is -0.739. The van der Waals surface area contributed by atoms with Gasteiger partial charge in [0.2, 0.25) is 5.91 Å². The molecule has 23 heavy (non-hydrogen) atoms. The van der Waals surface area contributed by atoms with Crippen LogP contribution in [0.2, 0.25) is 0 Å². The fraction of sp³-hybridized carbons (Fsp3) is 0.278. The summed E-state index contributed by atoms with van der Waals surface area (Å²) in [6.45, 7) is 1.74. The Hall–Kier alpha value is -2.27. The minimum Gasteiger partial charge on any atom is -0.388 e. The highest BCUT2D eigenvalue weighted by molar-refractivity contribution is 5.78. The van der Waals surface area contributed by atoms with Gasteiger partial charge in [0, 0.05) is 11.6 Å². The van der Waals surface area contributed by atoms with E-state index in [-0.39, 0.29) is 18.0 Å². The van der Waals surface area contributed by atoms with E-state index < -0.39 is 23.6 Å². The SMILES string of the molecule is C[C@@H](C[C@H](O)c1ccccc1)NC(=O)Cc1c(F)cccc1F. The third kappa shape index (κ3) is 4.86. The number of rotatable bonds is 6. The second-order valence-corrected chi connectivity index (χ2v) is 5.51. The Morgan fingerprint density at radius 2 is 1.70 bits per heavy atom. The molecule has 0 radical (unpaired) electrons. The summed E-state index contributed by atoms with van der Waals surface area (Å²) < 4.78 is 27.0. The van der Waals surface area contributed by atoms with Gasteiger partial charge in [0.25, 0.3) is 0 Å². The number of aliphatic hydroxyl groups excluding tert-OH is 1. The first-order valence-corrected chi connectivity index (χ1v) is 7.42. The van der Waals surface area contributed by atoms with Crippen LogP contribution >= 0.6 is 0 Å². The smallest absolute Gasteiger partial charge is 0.224 e. The number of aliphatic hydroxyl groups is 1.